The molecule has 26 heavy (non-hydrogen) atoms. The summed E-state index contributed by atoms with van der Waals surface area (Å²) < 4.78 is 10.9. The van der Waals surface area contributed by atoms with Gasteiger partial charge in [-0.15, -0.1) is 24.0 Å². The minimum absolute atomic E-state index is 0. The molecule has 6 heteroatoms. The third kappa shape index (κ3) is 6.61. The van der Waals surface area contributed by atoms with Crippen LogP contribution in [0.25, 0.3) is 0 Å². The predicted octanol–water partition coefficient (Wildman–Crippen LogP) is 3.72. The lowest BCUT2D eigenvalue weighted by atomic mass is 9.74. The molecule has 1 aromatic rings. The number of aliphatic imine (C=N–C) groups is 1. The van der Waals surface area contributed by atoms with Gasteiger partial charge in [-0.25, -0.2) is 0 Å². The number of rotatable bonds is 5. The van der Waals surface area contributed by atoms with E-state index in [-0.39, 0.29) is 34.9 Å². The molecule has 1 fully saturated rings. The van der Waals surface area contributed by atoms with Crippen LogP contribution in [0.1, 0.15) is 46.1 Å². The Balaban J connectivity index is 0.00000338. The predicted molar refractivity (Wildman–Crippen MR) is 119 cm³/mol. The molecule has 1 aromatic carbocycles. The van der Waals surface area contributed by atoms with Crippen LogP contribution >= 0.6 is 24.0 Å². The molecule has 1 heterocycles. The smallest absolute Gasteiger partial charge is 0.191 e. The summed E-state index contributed by atoms with van der Waals surface area (Å²) in [5, 5.41) is 6.82. The van der Waals surface area contributed by atoms with Gasteiger partial charge in [-0.3, -0.25) is 4.99 Å². The normalized spacial score (nSPS) is 17.2. The molecule has 0 bridgehead atoms. The van der Waals surface area contributed by atoms with Crippen LogP contribution in [-0.4, -0.2) is 44.9 Å². The first-order valence-electron chi connectivity index (χ1n) is 9.17. The first-order chi connectivity index (χ1) is 11.9. The minimum atomic E-state index is -0.0239. The van der Waals surface area contributed by atoms with Crippen molar-refractivity contribution in [2.24, 2.45) is 4.99 Å². The molecule has 0 saturated carbocycles. The Morgan fingerprint density at radius 3 is 2.31 bits per heavy atom. The third-order valence-corrected chi connectivity index (χ3v) is 4.53. The lowest BCUT2D eigenvalue weighted by Gasteiger charge is -2.37. The van der Waals surface area contributed by atoms with Crippen LogP contribution in [0, 0.1) is 0 Å². The fourth-order valence-electron chi connectivity index (χ4n) is 3.14. The number of halogens is 1. The van der Waals surface area contributed by atoms with E-state index < -0.39 is 0 Å². The van der Waals surface area contributed by atoms with Crippen molar-refractivity contribution >= 4 is 29.9 Å². The highest BCUT2D eigenvalue weighted by atomic mass is 127. The fraction of sp³-hybridized carbons (Fsp3) is 0.650. The highest BCUT2D eigenvalue weighted by Crippen LogP contribution is 2.36. The summed E-state index contributed by atoms with van der Waals surface area (Å²) in [6.45, 7) is 11.7. The topological polar surface area (TPSA) is 54.9 Å². The lowest BCUT2D eigenvalue weighted by Crippen LogP contribution is -2.48. The highest BCUT2D eigenvalue weighted by Gasteiger charge is 2.34. The maximum Gasteiger partial charge on any atom is 0.191 e. The van der Waals surface area contributed by atoms with Gasteiger partial charge >= 0.3 is 0 Å². The molecular weight excluding hydrogens is 441 g/mol. The van der Waals surface area contributed by atoms with Gasteiger partial charge in [0.1, 0.15) is 5.75 Å². The Hall–Kier alpha value is -1.02. The van der Waals surface area contributed by atoms with Gasteiger partial charge in [0.15, 0.2) is 5.96 Å². The Morgan fingerprint density at radius 1 is 1.19 bits per heavy atom. The van der Waals surface area contributed by atoms with E-state index in [0.717, 1.165) is 50.9 Å². The molecule has 2 N–H and O–H groups in total. The van der Waals surface area contributed by atoms with Gasteiger partial charge in [0, 0.05) is 30.7 Å². The molecule has 1 aliphatic heterocycles. The van der Waals surface area contributed by atoms with Crippen LogP contribution in [0.4, 0.5) is 0 Å². The van der Waals surface area contributed by atoms with Crippen molar-refractivity contribution in [1.29, 1.82) is 0 Å². The summed E-state index contributed by atoms with van der Waals surface area (Å²) in [6, 6.07) is 8.41. The number of nitrogens with one attached hydrogen (secondary N) is 2. The van der Waals surface area contributed by atoms with E-state index >= 15 is 0 Å². The quantitative estimate of drug-likeness (QED) is 0.388. The first-order valence-corrected chi connectivity index (χ1v) is 9.17. The summed E-state index contributed by atoms with van der Waals surface area (Å²) in [6.07, 6.45) is 1.97. The van der Waals surface area contributed by atoms with Gasteiger partial charge < -0.3 is 20.1 Å². The summed E-state index contributed by atoms with van der Waals surface area (Å²) in [7, 11) is 1.70. The summed E-state index contributed by atoms with van der Waals surface area (Å²) >= 11 is 0. The number of hydrogen-bond donors (Lipinski definition) is 2. The Labute approximate surface area is 175 Å². The summed E-state index contributed by atoms with van der Waals surface area (Å²) in [5.41, 5.74) is 1.31. The van der Waals surface area contributed by atoms with Gasteiger partial charge in [0.05, 0.1) is 13.7 Å². The van der Waals surface area contributed by atoms with E-state index in [0.29, 0.717) is 0 Å². The molecule has 0 spiro atoms. The van der Waals surface area contributed by atoms with Gasteiger partial charge in [-0.05, 0) is 58.2 Å². The average molecular weight is 475 g/mol. The first kappa shape index (κ1) is 23.0. The van der Waals surface area contributed by atoms with E-state index in [4.69, 9.17) is 14.5 Å². The van der Waals surface area contributed by atoms with Crippen molar-refractivity contribution in [3.8, 4) is 5.75 Å². The SMILES string of the molecule is CCNC(=NCC1(c2ccc(OC)cc2)CCOCC1)NC(C)(C)C.I. The number of hydrogen-bond acceptors (Lipinski definition) is 3. The largest absolute Gasteiger partial charge is 0.497 e. The monoisotopic (exact) mass is 475 g/mol. The molecule has 0 aliphatic carbocycles. The van der Waals surface area contributed by atoms with Crippen molar-refractivity contribution in [2.45, 2.75) is 51.5 Å². The number of benzene rings is 1. The van der Waals surface area contributed by atoms with Crippen molar-refractivity contribution < 1.29 is 9.47 Å². The van der Waals surface area contributed by atoms with Crippen molar-refractivity contribution in [1.82, 2.24) is 10.6 Å². The van der Waals surface area contributed by atoms with Gasteiger partial charge in [-0.2, -0.15) is 0 Å². The molecular formula is C20H34IN3O2. The zero-order valence-corrected chi connectivity index (χ0v) is 19.1. The number of guanidine groups is 1. The Morgan fingerprint density at radius 2 is 1.81 bits per heavy atom. The Bertz CT molecular complexity index is 561. The second-order valence-corrected chi connectivity index (χ2v) is 7.69. The molecule has 0 atom stereocenters. The summed E-state index contributed by atoms with van der Waals surface area (Å²) in [5.74, 6) is 1.76. The van der Waals surface area contributed by atoms with E-state index in [2.05, 4.69) is 50.5 Å². The third-order valence-electron chi connectivity index (χ3n) is 4.53. The van der Waals surface area contributed by atoms with Crippen LogP contribution in [-0.2, 0) is 10.2 Å². The van der Waals surface area contributed by atoms with Gasteiger partial charge in [-0.1, -0.05) is 12.1 Å². The van der Waals surface area contributed by atoms with E-state index in [1.807, 2.05) is 12.1 Å². The number of methoxy groups -OCH3 is 1. The minimum Gasteiger partial charge on any atom is -0.497 e. The highest BCUT2D eigenvalue weighted by molar-refractivity contribution is 14.0. The van der Waals surface area contributed by atoms with E-state index in [1.165, 1.54) is 5.56 Å². The molecule has 0 unspecified atom stereocenters. The zero-order chi connectivity index (χ0) is 18.3. The van der Waals surface area contributed by atoms with E-state index in [9.17, 15) is 0 Å². The maximum absolute atomic E-state index is 5.62. The standard InChI is InChI=1S/C20H33N3O2.HI/c1-6-21-18(23-19(2,3)4)22-15-20(11-13-25-14-12-20)16-7-9-17(24-5)10-8-16;/h7-10H,6,11-15H2,1-5H3,(H2,21,22,23);1H. The molecule has 148 valence electrons. The number of ether oxygens (including phenoxy) is 2. The van der Waals surface area contributed by atoms with E-state index in [1.54, 1.807) is 7.11 Å². The van der Waals surface area contributed by atoms with Crippen LogP contribution in [0.2, 0.25) is 0 Å². The molecule has 0 radical (unpaired) electrons. The molecule has 0 amide bonds. The van der Waals surface area contributed by atoms with Gasteiger partial charge in [0.2, 0.25) is 0 Å². The fourth-order valence-corrected chi connectivity index (χ4v) is 3.14. The van der Waals surface area contributed by atoms with Crippen LogP contribution in [0.15, 0.2) is 29.3 Å². The van der Waals surface area contributed by atoms with Gasteiger partial charge in [0.25, 0.3) is 0 Å². The van der Waals surface area contributed by atoms with Crippen LogP contribution < -0.4 is 15.4 Å². The molecule has 0 aromatic heterocycles. The Kier molecular flexibility index (Phi) is 9.16. The second-order valence-electron chi connectivity index (χ2n) is 7.69. The lowest BCUT2D eigenvalue weighted by molar-refractivity contribution is 0.0530. The van der Waals surface area contributed by atoms with Crippen molar-refractivity contribution in [3.63, 3.8) is 0 Å². The maximum atomic E-state index is 5.62. The molecule has 1 aliphatic rings. The van der Waals surface area contributed by atoms with Crippen molar-refractivity contribution in [2.75, 3.05) is 33.4 Å². The second kappa shape index (κ2) is 10.3. The van der Waals surface area contributed by atoms with Crippen LogP contribution in [0.3, 0.4) is 0 Å². The molecule has 1 saturated heterocycles. The van der Waals surface area contributed by atoms with Crippen LogP contribution in [0.5, 0.6) is 5.75 Å². The zero-order valence-electron chi connectivity index (χ0n) is 16.7. The number of nitrogens with zero attached hydrogens (tertiary/aromatic N) is 1. The molecule has 2 rings (SSSR count). The summed E-state index contributed by atoms with van der Waals surface area (Å²) in [4.78, 5) is 4.92. The molecule has 5 nitrogen and oxygen atoms in total. The average Bonchev–Trinajstić information content (AvgIpc) is 2.59. The van der Waals surface area contributed by atoms with Crippen molar-refractivity contribution in [3.05, 3.63) is 29.8 Å².